The van der Waals surface area contributed by atoms with Gasteiger partial charge in [-0.2, -0.15) is 0 Å². The lowest BCUT2D eigenvalue weighted by molar-refractivity contribution is -0.115. The first-order valence-electron chi connectivity index (χ1n) is 7.30. The van der Waals surface area contributed by atoms with Crippen LogP contribution in [0.5, 0.6) is 0 Å². The Hall–Kier alpha value is -0.940. The molecule has 0 N–H and O–H groups in total. The molecule has 0 amide bonds. The predicted molar refractivity (Wildman–Crippen MR) is 74.3 cm³/mol. The second-order valence-electron chi connectivity index (χ2n) is 5.43. The standard InChI is InChI=1S/C16H22O4/c1-17-16-10-15-14(20-16)9-13(19-15)7-8-18-11-12-5-3-2-4-6-12/h2-6,13-16H,7-11H2,1H3/t13?,14-,15-,16?/m1/s1. The van der Waals surface area contributed by atoms with E-state index >= 15 is 0 Å². The van der Waals surface area contributed by atoms with Gasteiger partial charge in [0.25, 0.3) is 0 Å². The minimum atomic E-state index is -0.0831. The first kappa shape index (κ1) is 14.0. The van der Waals surface area contributed by atoms with Crippen LogP contribution in [-0.4, -0.2) is 38.3 Å². The summed E-state index contributed by atoms with van der Waals surface area (Å²) < 4.78 is 22.6. The van der Waals surface area contributed by atoms with Gasteiger partial charge in [-0.15, -0.1) is 0 Å². The monoisotopic (exact) mass is 278 g/mol. The van der Waals surface area contributed by atoms with Crippen molar-refractivity contribution in [2.24, 2.45) is 0 Å². The highest BCUT2D eigenvalue weighted by Crippen LogP contribution is 2.35. The van der Waals surface area contributed by atoms with Crippen molar-refractivity contribution in [1.29, 1.82) is 0 Å². The summed E-state index contributed by atoms with van der Waals surface area (Å²) >= 11 is 0. The van der Waals surface area contributed by atoms with Crippen LogP contribution in [0.15, 0.2) is 30.3 Å². The summed E-state index contributed by atoms with van der Waals surface area (Å²) in [6.45, 7) is 1.40. The summed E-state index contributed by atoms with van der Waals surface area (Å²) in [5, 5.41) is 0. The molecule has 2 heterocycles. The van der Waals surface area contributed by atoms with Crippen molar-refractivity contribution in [2.45, 2.75) is 50.5 Å². The smallest absolute Gasteiger partial charge is 0.160 e. The Bertz CT molecular complexity index is 394. The first-order valence-corrected chi connectivity index (χ1v) is 7.30. The molecule has 4 heteroatoms. The molecule has 2 fully saturated rings. The van der Waals surface area contributed by atoms with Crippen molar-refractivity contribution in [3.63, 3.8) is 0 Å². The summed E-state index contributed by atoms with van der Waals surface area (Å²) in [5.41, 5.74) is 1.21. The molecule has 0 aromatic heterocycles. The van der Waals surface area contributed by atoms with E-state index in [-0.39, 0.29) is 24.6 Å². The van der Waals surface area contributed by atoms with E-state index in [1.165, 1.54) is 5.56 Å². The topological polar surface area (TPSA) is 36.9 Å². The highest BCUT2D eigenvalue weighted by molar-refractivity contribution is 5.13. The zero-order chi connectivity index (χ0) is 13.8. The molecule has 20 heavy (non-hydrogen) atoms. The van der Waals surface area contributed by atoms with E-state index in [1.54, 1.807) is 7.11 Å². The maximum absolute atomic E-state index is 5.98. The summed E-state index contributed by atoms with van der Waals surface area (Å²) in [6.07, 6.45) is 3.33. The zero-order valence-corrected chi connectivity index (χ0v) is 11.9. The molecule has 0 saturated carbocycles. The maximum Gasteiger partial charge on any atom is 0.160 e. The SMILES string of the molecule is COC1C[C@H]2OC(CCOCc3ccccc3)C[C@H]2O1. The molecule has 2 unspecified atom stereocenters. The number of fused-ring (bicyclic) bond motifs is 1. The van der Waals surface area contributed by atoms with Gasteiger partial charge in [0.2, 0.25) is 0 Å². The average Bonchev–Trinajstić information content (AvgIpc) is 3.02. The summed E-state index contributed by atoms with van der Waals surface area (Å²) in [4.78, 5) is 0. The third kappa shape index (κ3) is 3.38. The summed E-state index contributed by atoms with van der Waals surface area (Å²) in [5.74, 6) is 0. The van der Waals surface area contributed by atoms with Gasteiger partial charge >= 0.3 is 0 Å². The van der Waals surface area contributed by atoms with Crippen LogP contribution in [0.1, 0.15) is 24.8 Å². The Labute approximate surface area is 120 Å². The molecule has 1 aromatic rings. The van der Waals surface area contributed by atoms with Crippen LogP contribution in [0.25, 0.3) is 0 Å². The Morgan fingerprint density at radius 1 is 1.10 bits per heavy atom. The number of rotatable bonds is 6. The molecule has 0 radical (unpaired) electrons. The van der Waals surface area contributed by atoms with Gasteiger partial charge in [0.1, 0.15) is 0 Å². The van der Waals surface area contributed by atoms with Crippen LogP contribution in [0.4, 0.5) is 0 Å². The van der Waals surface area contributed by atoms with E-state index in [1.807, 2.05) is 18.2 Å². The van der Waals surface area contributed by atoms with E-state index in [0.29, 0.717) is 6.61 Å². The molecule has 4 atom stereocenters. The molecule has 4 nitrogen and oxygen atoms in total. The van der Waals surface area contributed by atoms with Crippen LogP contribution < -0.4 is 0 Å². The first-order chi connectivity index (χ1) is 9.85. The molecule has 2 saturated heterocycles. The lowest BCUT2D eigenvalue weighted by atomic mass is 10.1. The molecule has 0 bridgehead atoms. The fourth-order valence-electron chi connectivity index (χ4n) is 2.91. The van der Waals surface area contributed by atoms with E-state index < -0.39 is 0 Å². The molecule has 2 aliphatic heterocycles. The quantitative estimate of drug-likeness (QED) is 0.749. The molecule has 3 rings (SSSR count). The normalized spacial score (nSPS) is 32.5. The Balaban J connectivity index is 1.33. The van der Waals surface area contributed by atoms with Gasteiger partial charge in [-0.1, -0.05) is 30.3 Å². The van der Waals surface area contributed by atoms with Crippen LogP contribution in [0.2, 0.25) is 0 Å². The fourth-order valence-corrected chi connectivity index (χ4v) is 2.91. The number of methoxy groups -OCH3 is 1. The number of benzene rings is 1. The van der Waals surface area contributed by atoms with Gasteiger partial charge < -0.3 is 18.9 Å². The van der Waals surface area contributed by atoms with Crippen molar-refractivity contribution >= 4 is 0 Å². The van der Waals surface area contributed by atoms with Crippen LogP contribution in [-0.2, 0) is 25.6 Å². The Morgan fingerprint density at radius 3 is 2.65 bits per heavy atom. The van der Waals surface area contributed by atoms with Gasteiger partial charge in [0, 0.05) is 26.6 Å². The highest BCUT2D eigenvalue weighted by Gasteiger charge is 2.43. The zero-order valence-electron chi connectivity index (χ0n) is 11.9. The summed E-state index contributed by atoms with van der Waals surface area (Å²) in [7, 11) is 1.68. The number of ether oxygens (including phenoxy) is 4. The van der Waals surface area contributed by atoms with Crippen LogP contribution in [0, 0.1) is 0 Å². The predicted octanol–water partition coefficient (Wildman–Crippen LogP) is 2.51. The van der Waals surface area contributed by atoms with E-state index in [9.17, 15) is 0 Å². The molecule has 0 spiro atoms. The second kappa shape index (κ2) is 6.68. The lowest BCUT2D eigenvalue weighted by Gasteiger charge is -2.14. The van der Waals surface area contributed by atoms with Crippen molar-refractivity contribution in [3.8, 4) is 0 Å². The molecular formula is C16H22O4. The van der Waals surface area contributed by atoms with Crippen LogP contribution >= 0.6 is 0 Å². The van der Waals surface area contributed by atoms with Gasteiger partial charge in [-0.05, 0) is 12.0 Å². The molecular weight excluding hydrogens is 256 g/mol. The van der Waals surface area contributed by atoms with Crippen molar-refractivity contribution in [1.82, 2.24) is 0 Å². The van der Waals surface area contributed by atoms with Gasteiger partial charge in [-0.3, -0.25) is 0 Å². The second-order valence-corrected chi connectivity index (χ2v) is 5.43. The van der Waals surface area contributed by atoms with E-state index in [0.717, 1.165) is 25.9 Å². The van der Waals surface area contributed by atoms with Crippen molar-refractivity contribution in [3.05, 3.63) is 35.9 Å². The van der Waals surface area contributed by atoms with Gasteiger partial charge in [-0.25, -0.2) is 0 Å². The summed E-state index contributed by atoms with van der Waals surface area (Å²) in [6, 6.07) is 10.2. The van der Waals surface area contributed by atoms with E-state index in [4.69, 9.17) is 18.9 Å². The maximum atomic E-state index is 5.98. The van der Waals surface area contributed by atoms with Crippen LogP contribution in [0.3, 0.4) is 0 Å². The number of hydrogen-bond donors (Lipinski definition) is 0. The Morgan fingerprint density at radius 2 is 1.90 bits per heavy atom. The molecule has 0 aliphatic carbocycles. The van der Waals surface area contributed by atoms with Gasteiger partial charge in [0.05, 0.1) is 24.9 Å². The molecule has 2 aliphatic rings. The Kier molecular flexibility index (Phi) is 4.68. The molecule has 1 aromatic carbocycles. The van der Waals surface area contributed by atoms with Crippen molar-refractivity contribution < 1.29 is 18.9 Å². The highest BCUT2D eigenvalue weighted by atomic mass is 16.7. The minimum Gasteiger partial charge on any atom is -0.377 e. The van der Waals surface area contributed by atoms with E-state index in [2.05, 4.69) is 12.1 Å². The largest absolute Gasteiger partial charge is 0.377 e. The van der Waals surface area contributed by atoms with Crippen molar-refractivity contribution in [2.75, 3.05) is 13.7 Å². The lowest BCUT2D eigenvalue weighted by Crippen LogP contribution is -2.16. The third-order valence-corrected chi connectivity index (χ3v) is 3.99. The third-order valence-electron chi connectivity index (χ3n) is 3.99. The fraction of sp³-hybridized carbons (Fsp3) is 0.625. The minimum absolute atomic E-state index is 0.0831. The molecule has 110 valence electrons. The number of hydrogen-bond acceptors (Lipinski definition) is 4. The average molecular weight is 278 g/mol. The van der Waals surface area contributed by atoms with Gasteiger partial charge in [0.15, 0.2) is 6.29 Å².